The zero-order valence-electron chi connectivity index (χ0n) is 22.1. The van der Waals surface area contributed by atoms with Crippen LogP contribution in [0.1, 0.15) is 60.1 Å². The number of rotatable bonds is 10. The highest BCUT2D eigenvalue weighted by Gasteiger charge is 2.29. The molecule has 2 aromatic heterocycles. The maximum absolute atomic E-state index is 15.0. The zero-order valence-corrected chi connectivity index (χ0v) is 22.9. The number of aryl methyl sites for hydroxylation is 1. The Bertz CT molecular complexity index is 1350. The Morgan fingerprint density at radius 2 is 1.97 bits per heavy atom. The fourth-order valence-corrected chi connectivity index (χ4v) is 5.26. The first-order chi connectivity index (χ1) is 18.8. The van der Waals surface area contributed by atoms with Crippen LogP contribution in [0, 0.1) is 18.7 Å². The number of thiazole rings is 1. The number of carbonyl (C=O) groups is 2. The van der Waals surface area contributed by atoms with Crippen LogP contribution < -0.4 is 25.0 Å². The van der Waals surface area contributed by atoms with E-state index < -0.39 is 5.82 Å². The zero-order chi connectivity index (χ0) is 27.5. The Hall–Kier alpha value is -3.80. The topological polar surface area (TPSA) is 119 Å². The van der Waals surface area contributed by atoms with E-state index in [2.05, 4.69) is 25.6 Å². The summed E-state index contributed by atoms with van der Waals surface area (Å²) in [5.74, 6) is 0.427. The summed E-state index contributed by atoms with van der Waals surface area (Å²) in [4.78, 5) is 38.7. The molecule has 3 heterocycles. The van der Waals surface area contributed by atoms with Crippen LogP contribution in [-0.2, 0) is 4.79 Å². The largest absolute Gasteiger partial charge is 0.489 e. The number of halogens is 1. The van der Waals surface area contributed by atoms with Crippen molar-refractivity contribution in [2.75, 3.05) is 29.9 Å². The van der Waals surface area contributed by atoms with Gasteiger partial charge in [-0.3, -0.25) is 9.59 Å². The summed E-state index contributed by atoms with van der Waals surface area (Å²) in [7, 11) is 0. The van der Waals surface area contributed by atoms with Crippen LogP contribution in [0.4, 0.5) is 15.3 Å². The minimum absolute atomic E-state index is 0.00624. The van der Waals surface area contributed by atoms with Crippen molar-refractivity contribution in [3.63, 3.8) is 0 Å². The van der Waals surface area contributed by atoms with Crippen molar-refractivity contribution in [3.05, 3.63) is 52.5 Å². The molecule has 10 nitrogen and oxygen atoms in total. The van der Waals surface area contributed by atoms with Gasteiger partial charge in [0.25, 0.3) is 11.8 Å². The van der Waals surface area contributed by atoms with E-state index in [0.29, 0.717) is 47.1 Å². The molecule has 0 unspecified atom stereocenters. The van der Waals surface area contributed by atoms with Crippen LogP contribution in [0.2, 0.25) is 0 Å². The monoisotopic (exact) mass is 554 g/mol. The van der Waals surface area contributed by atoms with E-state index >= 15 is 0 Å². The Morgan fingerprint density at radius 1 is 1.21 bits per heavy atom. The van der Waals surface area contributed by atoms with Gasteiger partial charge in [0.05, 0.1) is 24.9 Å². The predicted octanol–water partition coefficient (Wildman–Crippen LogP) is 4.28. The van der Waals surface area contributed by atoms with Gasteiger partial charge in [-0.15, -0.1) is 0 Å². The Balaban J connectivity index is 1.14. The van der Waals surface area contributed by atoms with E-state index in [-0.39, 0.29) is 35.7 Å². The molecule has 1 saturated carbocycles. The maximum atomic E-state index is 15.0. The highest BCUT2D eigenvalue weighted by molar-refractivity contribution is 7.17. The highest BCUT2D eigenvalue weighted by Crippen LogP contribution is 2.32. The van der Waals surface area contributed by atoms with Crippen molar-refractivity contribution < 1.29 is 23.5 Å². The first-order valence-corrected chi connectivity index (χ1v) is 13.8. The fraction of sp³-hybridized carbons (Fsp3) is 0.444. The van der Waals surface area contributed by atoms with Gasteiger partial charge in [0.15, 0.2) is 10.9 Å². The molecule has 2 fully saturated rings. The summed E-state index contributed by atoms with van der Waals surface area (Å²) in [6.07, 6.45) is 4.18. The summed E-state index contributed by atoms with van der Waals surface area (Å²) in [6, 6.07) is 7.29. The summed E-state index contributed by atoms with van der Waals surface area (Å²) < 4.78 is 26.7. The van der Waals surface area contributed by atoms with Crippen molar-refractivity contribution in [2.24, 2.45) is 5.92 Å². The van der Waals surface area contributed by atoms with E-state index in [9.17, 15) is 14.0 Å². The maximum Gasteiger partial charge on any atom is 0.263 e. The van der Waals surface area contributed by atoms with Gasteiger partial charge in [-0.25, -0.2) is 9.97 Å². The molecule has 1 aliphatic carbocycles. The lowest BCUT2D eigenvalue weighted by atomic mass is 10.1. The van der Waals surface area contributed by atoms with Gasteiger partial charge < -0.3 is 25.0 Å². The summed E-state index contributed by atoms with van der Waals surface area (Å²) in [5.41, 5.74) is 1.47. The van der Waals surface area contributed by atoms with Gasteiger partial charge in [-0.05, 0) is 50.3 Å². The standard InChI is InChI=1S/C27H31FN6O4S/c1-15(31-25(36)23-16(2)32-27(39-23)33-17(3)35)19-6-8-20(9-7-19)38-21-10-11-34(12-21)24-22(28)26(30-14-29-24)37-13-18-4-5-18/h6-9,14-15,18,21H,4-5,10-13H2,1-3H3,(H,31,36)(H,32,33,35)/t15-,21+/m0/s1. The molecule has 2 atom stereocenters. The van der Waals surface area contributed by atoms with Crippen LogP contribution in [0.15, 0.2) is 30.6 Å². The normalized spacial score (nSPS) is 17.5. The lowest BCUT2D eigenvalue weighted by molar-refractivity contribution is -0.114. The van der Waals surface area contributed by atoms with Crippen LogP contribution in [0.5, 0.6) is 11.6 Å². The average Bonchev–Trinajstić information content (AvgIpc) is 3.50. The Labute approximate surface area is 230 Å². The van der Waals surface area contributed by atoms with Crippen LogP contribution >= 0.6 is 11.3 Å². The molecule has 5 rings (SSSR count). The number of benzene rings is 1. The minimum atomic E-state index is -0.529. The third-order valence-corrected chi connectivity index (χ3v) is 7.72. The molecule has 12 heteroatoms. The summed E-state index contributed by atoms with van der Waals surface area (Å²) >= 11 is 1.14. The number of anilines is 2. The minimum Gasteiger partial charge on any atom is -0.489 e. The lowest BCUT2D eigenvalue weighted by Gasteiger charge is -2.19. The number of ether oxygens (including phenoxy) is 2. The molecule has 2 N–H and O–H groups in total. The molecule has 3 aromatic rings. The Kier molecular flexibility index (Phi) is 7.92. The molecule has 0 radical (unpaired) electrons. The number of hydrogen-bond donors (Lipinski definition) is 2. The molecule has 0 bridgehead atoms. The molecular weight excluding hydrogens is 523 g/mol. The Morgan fingerprint density at radius 3 is 2.69 bits per heavy atom. The second kappa shape index (κ2) is 11.5. The number of aromatic nitrogens is 3. The third kappa shape index (κ3) is 6.62. The van der Waals surface area contributed by atoms with Crippen LogP contribution in [0.3, 0.4) is 0 Å². The van der Waals surface area contributed by atoms with Crippen molar-refractivity contribution in [1.29, 1.82) is 0 Å². The van der Waals surface area contributed by atoms with Crippen molar-refractivity contribution in [2.45, 2.75) is 52.2 Å². The summed E-state index contributed by atoms with van der Waals surface area (Å²) in [6.45, 7) is 6.63. The third-order valence-electron chi connectivity index (χ3n) is 6.65. The van der Waals surface area contributed by atoms with Gasteiger partial charge in [0, 0.05) is 19.9 Å². The number of hydrogen-bond acceptors (Lipinski definition) is 9. The van der Waals surface area contributed by atoms with E-state index in [0.717, 1.165) is 36.2 Å². The number of carbonyl (C=O) groups excluding carboxylic acids is 2. The van der Waals surface area contributed by atoms with Crippen LogP contribution in [0.25, 0.3) is 0 Å². The second-order valence-electron chi connectivity index (χ2n) is 9.92. The number of nitrogens with zero attached hydrogens (tertiary/aromatic N) is 4. The molecule has 0 spiro atoms. The van der Waals surface area contributed by atoms with E-state index in [1.54, 1.807) is 6.92 Å². The SMILES string of the molecule is CC(=O)Nc1nc(C)c(C(=O)N[C@@H](C)c2ccc(O[C@@H]3CCN(c4ncnc(OCC5CC5)c4F)C3)cc2)s1. The van der Waals surface area contributed by atoms with E-state index in [1.807, 2.05) is 36.1 Å². The smallest absolute Gasteiger partial charge is 0.263 e. The predicted molar refractivity (Wildman–Crippen MR) is 145 cm³/mol. The van der Waals surface area contributed by atoms with E-state index in [4.69, 9.17) is 9.47 Å². The summed E-state index contributed by atoms with van der Waals surface area (Å²) in [5, 5.41) is 5.99. The molecule has 2 amide bonds. The molecule has 206 valence electrons. The number of nitrogens with one attached hydrogen (secondary N) is 2. The van der Waals surface area contributed by atoms with Crippen molar-refractivity contribution >= 4 is 34.1 Å². The van der Waals surface area contributed by atoms with Crippen LogP contribution in [-0.4, -0.2) is 52.6 Å². The second-order valence-corrected chi connectivity index (χ2v) is 10.9. The first kappa shape index (κ1) is 26.8. The molecule has 2 aliphatic rings. The van der Waals surface area contributed by atoms with Gasteiger partial charge in [-0.2, -0.15) is 9.37 Å². The molecule has 1 saturated heterocycles. The first-order valence-electron chi connectivity index (χ1n) is 13.0. The fourth-order valence-electron chi connectivity index (χ4n) is 4.35. The van der Waals surface area contributed by atoms with E-state index in [1.165, 1.54) is 13.3 Å². The number of amides is 2. The molecule has 1 aliphatic heterocycles. The van der Waals surface area contributed by atoms with Gasteiger partial charge in [-0.1, -0.05) is 23.5 Å². The quantitative estimate of drug-likeness (QED) is 0.381. The molecule has 39 heavy (non-hydrogen) atoms. The molecular formula is C27H31FN6O4S. The lowest BCUT2D eigenvalue weighted by Crippen LogP contribution is -2.27. The van der Waals surface area contributed by atoms with Crippen molar-refractivity contribution in [3.8, 4) is 11.6 Å². The average molecular weight is 555 g/mol. The van der Waals surface area contributed by atoms with Gasteiger partial charge in [0.2, 0.25) is 11.7 Å². The van der Waals surface area contributed by atoms with Crippen molar-refractivity contribution in [1.82, 2.24) is 20.3 Å². The van der Waals surface area contributed by atoms with Gasteiger partial charge in [0.1, 0.15) is 23.1 Å². The molecule has 1 aromatic carbocycles. The highest BCUT2D eigenvalue weighted by atomic mass is 32.1. The van der Waals surface area contributed by atoms with Gasteiger partial charge >= 0.3 is 0 Å².